The minimum Gasteiger partial charge on any atom is -0.465 e. The molecule has 0 amide bonds. The predicted molar refractivity (Wildman–Crippen MR) is 218 cm³/mol. The number of allylic oxidation sites excluding steroid dienone is 2. The summed E-state index contributed by atoms with van der Waals surface area (Å²) in [5, 5.41) is 49.8. The van der Waals surface area contributed by atoms with Crippen molar-refractivity contribution in [3.63, 3.8) is 0 Å². The highest BCUT2D eigenvalue weighted by atomic mass is 16.7. The van der Waals surface area contributed by atoms with Gasteiger partial charge in [-0.1, -0.05) is 71.7 Å². The van der Waals surface area contributed by atoms with Crippen LogP contribution >= 0.6 is 0 Å². The van der Waals surface area contributed by atoms with Crippen molar-refractivity contribution in [2.75, 3.05) is 20.3 Å². The number of ether oxygens (including phenoxy) is 4. The van der Waals surface area contributed by atoms with Crippen molar-refractivity contribution in [1.29, 1.82) is 0 Å². The summed E-state index contributed by atoms with van der Waals surface area (Å²) in [6.07, 6.45) is 12.4. The number of carbonyl (C=O) groups is 1. The molecule has 0 radical (unpaired) electrons. The van der Waals surface area contributed by atoms with Crippen molar-refractivity contribution in [1.82, 2.24) is 15.0 Å². The Morgan fingerprint density at radius 3 is 2.38 bits per heavy atom. The number of esters is 1. The van der Waals surface area contributed by atoms with Gasteiger partial charge in [-0.15, -0.1) is 5.10 Å². The topological polar surface area (TPSA) is 166 Å². The molecular formula is C46H75N3O9. The Labute approximate surface area is 346 Å². The maximum Gasteiger partial charge on any atom is 0.312 e. The first-order valence-electron chi connectivity index (χ1n) is 22.6. The van der Waals surface area contributed by atoms with Crippen LogP contribution in [0.4, 0.5) is 0 Å². The first-order valence-corrected chi connectivity index (χ1v) is 22.6. The molecule has 4 N–H and O–H groups in total. The number of rotatable bonds is 13. The average molecular weight is 814 g/mol. The van der Waals surface area contributed by atoms with Crippen LogP contribution < -0.4 is 0 Å². The second-order valence-electron chi connectivity index (χ2n) is 21.5. The predicted octanol–water partition coefficient (Wildman–Crippen LogP) is 6.51. The number of nitrogens with zero attached hydrogens (tertiary/aromatic N) is 3. The molecule has 58 heavy (non-hydrogen) atoms. The van der Waals surface area contributed by atoms with E-state index in [9.17, 15) is 25.2 Å². The number of carbonyl (C=O) groups excluding carboxylic acids is 1. The summed E-state index contributed by atoms with van der Waals surface area (Å²) in [5.41, 5.74) is 2.33. The van der Waals surface area contributed by atoms with E-state index in [0.717, 1.165) is 77.0 Å². The second-order valence-corrected chi connectivity index (χ2v) is 21.5. The third-order valence-corrected chi connectivity index (χ3v) is 17.6. The largest absolute Gasteiger partial charge is 0.465 e. The van der Waals surface area contributed by atoms with E-state index in [0.29, 0.717) is 30.7 Å². The fraction of sp³-hybridized carbons (Fsp3) is 0.891. The number of aliphatic hydroxyl groups is 4. The summed E-state index contributed by atoms with van der Waals surface area (Å²) >= 11 is 0. The number of methoxy groups -OCH3 is 1. The van der Waals surface area contributed by atoms with Gasteiger partial charge in [0.25, 0.3) is 0 Å². The van der Waals surface area contributed by atoms with E-state index in [4.69, 9.17) is 18.9 Å². The van der Waals surface area contributed by atoms with E-state index in [-0.39, 0.29) is 58.3 Å². The zero-order valence-electron chi connectivity index (χ0n) is 36.8. The van der Waals surface area contributed by atoms with E-state index >= 15 is 0 Å². The van der Waals surface area contributed by atoms with Crippen LogP contribution in [0.15, 0.2) is 17.8 Å². The van der Waals surface area contributed by atoms with Crippen LogP contribution in [0.3, 0.4) is 0 Å². The number of hydrogen-bond acceptors (Lipinski definition) is 11. The van der Waals surface area contributed by atoms with Gasteiger partial charge < -0.3 is 39.4 Å². The van der Waals surface area contributed by atoms with E-state index < -0.39 is 36.1 Å². The molecule has 5 aliphatic carbocycles. The molecule has 4 saturated carbocycles. The first kappa shape index (κ1) is 44.1. The number of fused-ring (bicyclic) bond motifs is 7. The summed E-state index contributed by atoms with van der Waals surface area (Å²) in [4.78, 5) is 14.4. The average Bonchev–Trinajstić information content (AvgIpc) is 3.63. The molecule has 0 aromatic carbocycles. The van der Waals surface area contributed by atoms with Gasteiger partial charge in [0.2, 0.25) is 0 Å². The molecule has 1 aliphatic heterocycles. The number of unbranched alkanes of at least 4 members (excludes halogenated alkanes) is 3. The normalized spacial score (nSPS) is 43.0. The lowest BCUT2D eigenvalue weighted by Gasteiger charge is -2.71. The van der Waals surface area contributed by atoms with Crippen molar-refractivity contribution < 1.29 is 44.2 Å². The number of hydrogen-bond donors (Lipinski definition) is 4. The highest BCUT2D eigenvalue weighted by molar-refractivity contribution is 5.78. The highest BCUT2D eigenvalue weighted by Crippen LogP contribution is 2.75. The van der Waals surface area contributed by atoms with Crippen LogP contribution in [0.25, 0.3) is 0 Å². The van der Waals surface area contributed by atoms with Crippen molar-refractivity contribution >= 4 is 5.97 Å². The Morgan fingerprint density at radius 1 is 0.879 bits per heavy atom. The Hall–Kier alpha value is -1.93. The highest BCUT2D eigenvalue weighted by Gasteiger charge is 2.69. The molecule has 328 valence electrons. The van der Waals surface area contributed by atoms with Gasteiger partial charge in [-0.05, 0) is 128 Å². The smallest absolute Gasteiger partial charge is 0.312 e. The monoisotopic (exact) mass is 814 g/mol. The van der Waals surface area contributed by atoms with Crippen LogP contribution in [-0.4, -0.2) is 98.5 Å². The Morgan fingerprint density at radius 2 is 1.62 bits per heavy atom. The van der Waals surface area contributed by atoms with Crippen molar-refractivity contribution in [2.24, 2.45) is 50.2 Å². The molecule has 5 fully saturated rings. The summed E-state index contributed by atoms with van der Waals surface area (Å²) in [6.45, 7) is 18.5. The molecule has 0 spiro atoms. The van der Waals surface area contributed by atoms with Gasteiger partial charge in [-0.2, -0.15) is 0 Å². The molecule has 2 heterocycles. The molecule has 12 heteroatoms. The van der Waals surface area contributed by atoms with Gasteiger partial charge in [-0.25, -0.2) is 0 Å². The Bertz CT molecular complexity index is 1640. The van der Waals surface area contributed by atoms with Gasteiger partial charge >= 0.3 is 5.97 Å². The quantitative estimate of drug-likeness (QED) is 0.0975. The molecule has 1 aromatic rings. The molecule has 13 atom stereocenters. The van der Waals surface area contributed by atoms with Crippen LogP contribution in [0.5, 0.6) is 0 Å². The minimum atomic E-state index is -1.39. The second kappa shape index (κ2) is 16.4. The summed E-state index contributed by atoms with van der Waals surface area (Å²) in [7, 11) is 1.36. The zero-order chi connectivity index (χ0) is 41.9. The van der Waals surface area contributed by atoms with Crippen LogP contribution in [0.2, 0.25) is 0 Å². The number of aryl methyl sites for hydroxylation is 1. The molecule has 7 rings (SSSR count). The maximum atomic E-state index is 14.4. The molecule has 12 nitrogen and oxygen atoms in total. The van der Waals surface area contributed by atoms with Gasteiger partial charge in [0.1, 0.15) is 30.1 Å². The van der Waals surface area contributed by atoms with E-state index in [1.807, 2.05) is 6.20 Å². The van der Waals surface area contributed by atoms with Crippen molar-refractivity contribution in [3.05, 3.63) is 23.5 Å². The minimum absolute atomic E-state index is 0.00918. The zero-order valence-corrected chi connectivity index (χ0v) is 36.8. The van der Waals surface area contributed by atoms with E-state index in [2.05, 4.69) is 64.9 Å². The number of aromatic nitrogens is 3. The third-order valence-electron chi connectivity index (χ3n) is 17.6. The third kappa shape index (κ3) is 7.54. The maximum absolute atomic E-state index is 14.4. The summed E-state index contributed by atoms with van der Waals surface area (Å²) in [5.74, 6) is 1.37. The van der Waals surface area contributed by atoms with Crippen LogP contribution in [0.1, 0.15) is 144 Å². The fourth-order valence-electron chi connectivity index (χ4n) is 13.7. The SMILES string of the molecule is CO[C@H]1O[C@H](COCc2cn(CCCCCCOC(=O)[C@]34CCC(C)(C)C[C@H]3C3=CC[C@@H]5[C@@]6(C)CC[C@H](O)C(C)(C)[C@@H]6CC[C@@]5(C)[C@]3(C)CC4)nn2)[C@@H](O)[C@H](O)[C@H]1O. The summed E-state index contributed by atoms with van der Waals surface area (Å²) < 4.78 is 24.3. The Kier molecular flexibility index (Phi) is 12.5. The lowest BCUT2D eigenvalue weighted by molar-refractivity contribution is -0.296. The van der Waals surface area contributed by atoms with Crippen molar-refractivity contribution in [3.8, 4) is 0 Å². The standard InChI is InChI=1S/C46H75N3O9/c1-41(2)19-21-46(22-20-44(6)30(31(46)25-41)13-14-34-43(5)17-16-35(50)42(3,4)33(43)15-18-45(34,44)7)40(54)57-24-12-10-9-11-23-49-26-29(47-48-49)27-56-28-32-36(51)37(52)38(53)39(55-8)58-32/h13,26,31-39,50-53H,9-12,14-25,27-28H2,1-8H3/t31-,32+,33-,34+,35-,36+,37-,38+,39-,43-,44+,45+,46-/m0/s1. The van der Waals surface area contributed by atoms with Gasteiger partial charge in [0, 0.05) is 13.7 Å². The van der Waals surface area contributed by atoms with Gasteiger partial charge in [-0.3, -0.25) is 9.48 Å². The van der Waals surface area contributed by atoms with Gasteiger partial charge in [0.15, 0.2) is 6.29 Å². The molecular weight excluding hydrogens is 739 g/mol. The summed E-state index contributed by atoms with van der Waals surface area (Å²) in [6, 6.07) is 0. The molecule has 1 saturated heterocycles. The Balaban J connectivity index is 0.899. The first-order chi connectivity index (χ1) is 27.3. The lowest BCUT2D eigenvalue weighted by atomic mass is 9.33. The van der Waals surface area contributed by atoms with Crippen LogP contribution in [0, 0.1) is 50.2 Å². The molecule has 1 aromatic heterocycles. The van der Waals surface area contributed by atoms with Gasteiger partial charge in [0.05, 0.1) is 37.5 Å². The fourth-order valence-corrected chi connectivity index (χ4v) is 13.7. The number of aliphatic hydroxyl groups excluding tert-OH is 4. The lowest BCUT2D eigenvalue weighted by Crippen LogP contribution is -2.65. The van der Waals surface area contributed by atoms with E-state index in [1.54, 1.807) is 10.3 Å². The van der Waals surface area contributed by atoms with Crippen LogP contribution in [-0.2, 0) is 36.9 Å². The van der Waals surface area contributed by atoms with Crippen molar-refractivity contribution in [2.45, 2.75) is 188 Å². The molecule has 6 aliphatic rings. The van der Waals surface area contributed by atoms with E-state index in [1.165, 1.54) is 20.0 Å². The molecule has 0 unspecified atom stereocenters. The molecule has 0 bridgehead atoms.